The van der Waals surface area contributed by atoms with Crippen molar-refractivity contribution in [2.75, 3.05) is 5.32 Å². The van der Waals surface area contributed by atoms with Crippen molar-refractivity contribution >= 4 is 37.5 Å². The van der Waals surface area contributed by atoms with Crippen LogP contribution in [0.1, 0.15) is 25.5 Å². The van der Waals surface area contributed by atoms with E-state index in [1.807, 2.05) is 36.4 Å². The summed E-state index contributed by atoms with van der Waals surface area (Å²) in [4.78, 5) is 0. The number of nitrogens with one attached hydrogen (secondary N) is 1. The number of anilines is 1. The third-order valence-corrected chi connectivity index (χ3v) is 4.87. The molecule has 0 saturated carbocycles. The molecule has 3 rings (SSSR count). The van der Waals surface area contributed by atoms with Gasteiger partial charge in [-0.15, -0.1) is 0 Å². The molecule has 0 radical (unpaired) electrons. The number of hydrogen-bond donors (Lipinski definition) is 1. The van der Waals surface area contributed by atoms with Crippen LogP contribution in [0.2, 0.25) is 0 Å². The van der Waals surface area contributed by atoms with E-state index < -0.39 is 0 Å². The molecule has 0 aromatic heterocycles. The fraction of sp³-hybridized carbons (Fsp3) is 0.250. The van der Waals surface area contributed by atoms with Crippen molar-refractivity contribution < 1.29 is 4.74 Å². The molecule has 0 fully saturated rings. The highest BCUT2D eigenvalue weighted by Gasteiger charge is 2.41. The molecule has 4 heteroatoms. The van der Waals surface area contributed by atoms with Gasteiger partial charge in [0.05, 0.1) is 11.7 Å². The van der Waals surface area contributed by atoms with E-state index >= 15 is 0 Å². The number of fused-ring (bicyclic) bond motifs is 1. The van der Waals surface area contributed by atoms with Crippen molar-refractivity contribution in [2.45, 2.75) is 25.5 Å². The summed E-state index contributed by atoms with van der Waals surface area (Å²) in [5.74, 6) is 0.957. The highest BCUT2D eigenvalue weighted by molar-refractivity contribution is 9.11. The lowest BCUT2D eigenvalue weighted by atomic mass is 9.94. The average molecular weight is 397 g/mol. The molecule has 0 spiro atoms. The van der Waals surface area contributed by atoms with Crippen molar-refractivity contribution in [3.63, 3.8) is 0 Å². The van der Waals surface area contributed by atoms with E-state index in [0.717, 1.165) is 20.4 Å². The minimum absolute atomic E-state index is 0.105. The van der Waals surface area contributed by atoms with E-state index in [0.29, 0.717) is 0 Å². The lowest BCUT2D eigenvalue weighted by Gasteiger charge is -2.28. The Hall–Kier alpha value is -1.000. The molecule has 1 aliphatic heterocycles. The van der Waals surface area contributed by atoms with Gasteiger partial charge in [0.1, 0.15) is 11.4 Å². The van der Waals surface area contributed by atoms with Gasteiger partial charge in [0, 0.05) is 14.5 Å². The molecule has 20 heavy (non-hydrogen) atoms. The summed E-state index contributed by atoms with van der Waals surface area (Å²) in [6, 6.07) is 14.4. The van der Waals surface area contributed by atoms with Crippen LogP contribution in [0.15, 0.2) is 51.4 Å². The summed E-state index contributed by atoms with van der Waals surface area (Å²) < 4.78 is 8.13. The van der Waals surface area contributed by atoms with Gasteiger partial charge in [0.25, 0.3) is 0 Å². The third-order valence-electron chi connectivity index (χ3n) is 3.55. The fourth-order valence-corrected chi connectivity index (χ4v) is 3.79. The quantitative estimate of drug-likeness (QED) is 0.719. The predicted molar refractivity (Wildman–Crippen MR) is 89.4 cm³/mol. The zero-order valence-corrected chi connectivity index (χ0v) is 14.5. The summed E-state index contributed by atoms with van der Waals surface area (Å²) in [6.45, 7) is 4.21. The van der Waals surface area contributed by atoms with E-state index in [1.54, 1.807) is 0 Å². The van der Waals surface area contributed by atoms with Crippen LogP contribution in [0.25, 0.3) is 0 Å². The van der Waals surface area contributed by atoms with Crippen molar-refractivity contribution in [3.8, 4) is 5.75 Å². The first-order chi connectivity index (χ1) is 9.49. The number of hydrogen-bond acceptors (Lipinski definition) is 2. The maximum Gasteiger partial charge on any atom is 0.128 e. The van der Waals surface area contributed by atoms with Gasteiger partial charge < -0.3 is 10.1 Å². The minimum atomic E-state index is -0.293. The molecule has 104 valence electrons. The predicted octanol–water partition coefficient (Wildman–Crippen LogP) is 5.54. The lowest BCUT2D eigenvalue weighted by Crippen LogP contribution is -2.34. The van der Waals surface area contributed by atoms with Crippen LogP contribution in [0, 0.1) is 0 Å². The minimum Gasteiger partial charge on any atom is -0.485 e. The summed E-state index contributed by atoms with van der Waals surface area (Å²) in [7, 11) is 0. The van der Waals surface area contributed by atoms with Gasteiger partial charge in [-0.1, -0.05) is 24.3 Å². The molecular weight excluding hydrogens is 382 g/mol. The SMILES string of the molecule is CC1(C)Oc2ccccc2C1Nc1c(Br)cccc1Br. The van der Waals surface area contributed by atoms with Gasteiger partial charge >= 0.3 is 0 Å². The monoisotopic (exact) mass is 395 g/mol. The van der Waals surface area contributed by atoms with E-state index in [4.69, 9.17) is 4.74 Å². The van der Waals surface area contributed by atoms with Crippen LogP contribution in [0.3, 0.4) is 0 Å². The average Bonchev–Trinajstić information content (AvgIpc) is 2.64. The molecule has 0 bridgehead atoms. The number of ether oxygens (including phenoxy) is 1. The first kappa shape index (κ1) is 14.0. The Kier molecular flexibility index (Phi) is 3.55. The maximum atomic E-state index is 6.07. The molecule has 0 amide bonds. The smallest absolute Gasteiger partial charge is 0.128 e. The number of halogens is 2. The van der Waals surface area contributed by atoms with Crippen LogP contribution in [-0.4, -0.2) is 5.60 Å². The van der Waals surface area contributed by atoms with Crippen LogP contribution < -0.4 is 10.1 Å². The van der Waals surface area contributed by atoms with Crippen LogP contribution in [-0.2, 0) is 0 Å². The second-order valence-electron chi connectivity index (χ2n) is 5.42. The largest absolute Gasteiger partial charge is 0.485 e. The van der Waals surface area contributed by atoms with Crippen molar-refractivity contribution in [1.29, 1.82) is 0 Å². The molecule has 2 aromatic rings. The maximum absolute atomic E-state index is 6.07. The number of para-hydroxylation sites is 2. The lowest BCUT2D eigenvalue weighted by molar-refractivity contribution is 0.118. The van der Waals surface area contributed by atoms with Gasteiger partial charge in [0.15, 0.2) is 0 Å². The van der Waals surface area contributed by atoms with Crippen LogP contribution in [0.4, 0.5) is 5.69 Å². The molecule has 1 unspecified atom stereocenters. The molecule has 1 N–H and O–H groups in total. The summed E-state index contributed by atoms with van der Waals surface area (Å²) in [5.41, 5.74) is 1.95. The Morgan fingerprint density at radius 3 is 2.35 bits per heavy atom. The third kappa shape index (κ3) is 2.35. The molecular formula is C16H15Br2NO. The van der Waals surface area contributed by atoms with E-state index in [-0.39, 0.29) is 11.6 Å². The zero-order chi connectivity index (χ0) is 14.3. The van der Waals surface area contributed by atoms with Crippen LogP contribution >= 0.6 is 31.9 Å². The topological polar surface area (TPSA) is 21.3 Å². The van der Waals surface area contributed by atoms with Crippen molar-refractivity contribution in [1.82, 2.24) is 0 Å². The Bertz CT molecular complexity index is 634. The molecule has 1 aliphatic rings. The Labute approximate surface area is 135 Å². The zero-order valence-electron chi connectivity index (χ0n) is 11.3. The van der Waals surface area contributed by atoms with Crippen molar-refractivity contribution in [2.24, 2.45) is 0 Å². The highest BCUT2D eigenvalue weighted by Crippen LogP contribution is 2.46. The molecule has 0 aliphatic carbocycles. The van der Waals surface area contributed by atoms with Gasteiger partial charge in [-0.25, -0.2) is 0 Å². The Morgan fingerprint density at radius 1 is 1.00 bits per heavy atom. The van der Waals surface area contributed by atoms with Gasteiger partial charge in [-0.2, -0.15) is 0 Å². The normalized spacial score (nSPS) is 19.3. The van der Waals surface area contributed by atoms with E-state index in [9.17, 15) is 0 Å². The summed E-state index contributed by atoms with van der Waals surface area (Å²) in [5, 5.41) is 3.61. The summed E-state index contributed by atoms with van der Waals surface area (Å²) >= 11 is 7.20. The second-order valence-corrected chi connectivity index (χ2v) is 7.13. The fourth-order valence-electron chi connectivity index (χ4n) is 2.56. The highest BCUT2D eigenvalue weighted by atomic mass is 79.9. The van der Waals surface area contributed by atoms with Gasteiger partial charge in [0.2, 0.25) is 0 Å². The molecule has 2 nitrogen and oxygen atoms in total. The molecule has 1 atom stereocenters. The second kappa shape index (κ2) is 5.08. The standard InChI is InChI=1S/C16H15Br2NO/c1-16(2)15(10-6-3-4-9-13(10)20-16)19-14-11(17)7-5-8-12(14)18/h3-9,15,19H,1-2H3. The molecule has 0 saturated heterocycles. The Balaban J connectivity index is 2.02. The molecule has 1 heterocycles. The summed E-state index contributed by atoms with van der Waals surface area (Å²) in [6.07, 6.45) is 0. The first-order valence-electron chi connectivity index (χ1n) is 6.47. The number of rotatable bonds is 2. The van der Waals surface area contributed by atoms with Gasteiger partial charge in [-0.05, 0) is 63.9 Å². The number of benzene rings is 2. The van der Waals surface area contributed by atoms with E-state index in [2.05, 4.69) is 57.1 Å². The Morgan fingerprint density at radius 2 is 1.65 bits per heavy atom. The van der Waals surface area contributed by atoms with Crippen molar-refractivity contribution in [3.05, 3.63) is 57.0 Å². The molecule has 2 aromatic carbocycles. The first-order valence-corrected chi connectivity index (χ1v) is 8.06. The van der Waals surface area contributed by atoms with E-state index in [1.165, 1.54) is 5.56 Å². The van der Waals surface area contributed by atoms with Gasteiger partial charge in [-0.3, -0.25) is 0 Å². The van der Waals surface area contributed by atoms with Crippen LogP contribution in [0.5, 0.6) is 5.75 Å².